The fourth-order valence-electron chi connectivity index (χ4n) is 2.15. The SMILES string of the molecule is CCOc1ncccc1C(=O)N(C)Cc1ccc(OC(F)(F)F)cc1. The molecule has 0 fully saturated rings. The second-order valence-electron chi connectivity index (χ2n) is 5.14. The van der Waals surface area contributed by atoms with Crippen LogP contribution in [0.1, 0.15) is 22.8 Å². The summed E-state index contributed by atoms with van der Waals surface area (Å²) < 4.78 is 45.6. The summed E-state index contributed by atoms with van der Waals surface area (Å²) in [4.78, 5) is 18.0. The first kappa shape index (κ1) is 18.6. The van der Waals surface area contributed by atoms with Crippen molar-refractivity contribution in [3.8, 4) is 11.6 Å². The first-order valence-corrected chi connectivity index (χ1v) is 7.48. The molecule has 1 amide bonds. The number of ether oxygens (including phenoxy) is 2. The predicted molar refractivity (Wildman–Crippen MR) is 84.3 cm³/mol. The molecule has 0 aliphatic rings. The van der Waals surface area contributed by atoms with Crippen molar-refractivity contribution in [3.05, 3.63) is 53.7 Å². The van der Waals surface area contributed by atoms with Gasteiger partial charge in [0.15, 0.2) is 0 Å². The fourth-order valence-corrected chi connectivity index (χ4v) is 2.15. The highest BCUT2D eigenvalue weighted by Crippen LogP contribution is 2.23. The Bertz CT molecular complexity index is 718. The third-order valence-corrected chi connectivity index (χ3v) is 3.21. The van der Waals surface area contributed by atoms with E-state index in [0.29, 0.717) is 17.7 Å². The second kappa shape index (κ2) is 7.87. The van der Waals surface area contributed by atoms with Gasteiger partial charge in [0.25, 0.3) is 5.91 Å². The number of alkyl halides is 3. The highest BCUT2D eigenvalue weighted by molar-refractivity contribution is 5.96. The number of carbonyl (C=O) groups excluding carboxylic acids is 1. The molecule has 0 aliphatic carbocycles. The van der Waals surface area contributed by atoms with Crippen molar-refractivity contribution in [3.63, 3.8) is 0 Å². The van der Waals surface area contributed by atoms with E-state index >= 15 is 0 Å². The van der Waals surface area contributed by atoms with E-state index in [2.05, 4.69) is 9.72 Å². The third-order valence-electron chi connectivity index (χ3n) is 3.21. The van der Waals surface area contributed by atoms with Crippen LogP contribution in [0.4, 0.5) is 13.2 Å². The number of aromatic nitrogens is 1. The number of amides is 1. The maximum atomic E-state index is 12.5. The van der Waals surface area contributed by atoms with Gasteiger partial charge in [0.2, 0.25) is 5.88 Å². The van der Waals surface area contributed by atoms with Gasteiger partial charge in [0.1, 0.15) is 11.3 Å². The van der Waals surface area contributed by atoms with Crippen molar-refractivity contribution in [2.24, 2.45) is 0 Å². The number of rotatable bonds is 6. The first-order chi connectivity index (χ1) is 11.8. The number of hydrogen-bond acceptors (Lipinski definition) is 4. The Morgan fingerprint density at radius 2 is 1.88 bits per heavy atom. The molecule has 5 nitrogen and oxygen atoms in total. The van der Waals surface area contributed by atoms with E-state index in [9.17, 15) is 18.0 Å². The molecule has 1 aromatic carbocycles. The third kappa shape index (κ3) is 5.37. The molecule has 0 unspecified atom stereocenters. The normalized spacial score (nSPS) is 11.1. The van der Waals surface area contributed by atoms with Crippen LogP contribution in [0.25, 0.3) is 0 Å². The molecule has 2 aromatic rings. The van der Waals surface area contributed by atoms with Crippen LogP contribution in [0.2, 0.25) is 0 Å². The summed E-state index contributed by atoms with van der Waals surface area (Å²) in [6, 6.07) is 8.59. The monoisotopic (exact) mass is 354 g/mol. The smallest absolute Gasteiger partial charge is 0.477 e. The van der Waals surface area contributed by atoms with Crippen LogP contribution in [-0.4, -0.2) is 35.8 Å². The van der Waals surface area contributed by atoms with Gasteiger partial charge in [-0.2, -0.15) is 0 Å². The lowest BCUT2D eigenvalue weighted by Gasteiger charge is -2.19. The molecule has 0 N–H and O–H groups in total. The molecule has 25 heavy (non-hydrogen) atoms. The Balaban J connectivity index is 2.06. The van der Waals surface area contributed by atoms with E-state index in [4.69, 9.17) is 4.74 Å². The van der Waals surface area contributed by atoms with Gasteiger partial charge in [-0.05, 0) is 36.8 Å². The molecule has 1 heterocycles. The topological polar surface area (TPSA) is 51.7 Å². The summed E-state index contributed by atoms with van der Waals surface area (Å²) in [6.07, 6.45) is -3.20. The van der Waals surface area contributed by atoms with E-state index in [-0.39, 0.29) is 24.1 Å². The Kier molecular flexibility index (Phi) is 5.84. The van der Waals surface area contributed by atoms with Crippen molar-refractivity contribution >= 4 is 5.91 Å². The molecular formula is C17H17F3N2O3. The van der Waals surface area contributed by atoms with Crippen LogP contribution < -0.4 is 9.47 Å². The van der Waals surface area contributed by atoms with Crippen molar-refractivity contribution in [1.29, 1.82) is 0 Å². The summed E-state index contributed by atoms with van der Waals surface area (Å²) in [5.41, 5.74) is 0.982. The van der Waals surface area contributed by atoms with E-state index in [0.717, 1.165) is 0 Å². The summed E-state index contributed by atoms with van der Waals surface area (Å²) in [5.74, 6) is -0.362. The maximum Gasteiger partial charge on any atom is 0.573 e. The molecule has 0 saturated heterocycles. The van der Waals surface area contributed by atoms with Crippen LogP contribution in [0.3, 0.4) is 0 Å². The molecule has 0 atom stereocenters. The van der Waals surface area contributed by atoms with Crippen LogP contribution in [0.5, 0.6) is 11.6 Å². The van der Waals surface area contributed by atoms with E-state index in [1.807, 2.05) is 0 Å². The summed E-state index contributed by atoms with van der Waals surface area (Å²) in [6.45, 7) is 2.38. The van der Waals surface area contributed by atoms with E-state index < -0.39 is 6.36 Å². The summed E-state index contributed by atoms with van der Waals surface area (Å²) >= 11 is 0. The Hall–Kier alpha value is -2.77. The van der Waals surface area contributed by atoms with Crippen molar-refractivity contribution < 1.29 is 27.4 Å². The number of benzene rings is 1. The van der Waals surface area contributed by atoms with Crippen LogP contribution in [0.15, 0.2) is 42.6 Å². The van der Waals surface area contributed by atoms with Gasteiger partial charge in [0.05, 0.1) is 6.61 Å². The molecule has 2 rings (SSSR count). The molecule has 0 bridgehead atoms. The lowest BCUT2D eigenvalue weighted by atomic mass is 10.2. The molecule has 8 heteroatoms. The van der Waals surface area contributed by atoms with Crippen molar-refractivity contribution in [2.75, 3.05) is 13.7 Å². The zero-order valence-corrected chi connectivity index (χ0v) is 13.7. The van der Waals surface area contributed by atoms with E-state index in [1.165, 1.54) is 35.4 Å². The molecule has 0 radical (unpaired) electrons. The molecule has 1 aromatic heterocycles. The zero-order chi connectivity index (χ0) is 18.4. The average Bonchev–Trinajstić information content (AvgIpc) is 2.55. The maximum absolute atomic E-state index is 12.5. The summed E-state index contributed by atoms with van der Waals surface area (Å²) in [5, 5.41) is 0. The Morgan fingerprint density at radius 1 is 1.20 bits per heavy atom. The van der Waals surface area contributed by atoms with Crippen LogP contribution in [0, 0.1) is 0 Å². The van der Waals surface area contributed by atoms with Gasteiger partial charge in [-0.25, -0.2) is 4.98 Å². The van der Waals surface area contributed by atoms with Gasteiger partial charge in [-0.15, -0.1) is 13.2 Å². The minimum absolute atomic E-state index is 0.214. The minimum Gasteiger partial charge on any atom is -0.477 e. The molecule has 0 spiro atoms. The Labute approximate surface area is 143 Å². The number of carbonyl (C=O) groups is 1. The zero-order valence-electron chi connectivity index (χ0n) is 13.7. The highest BCUT2D eigenvalue weighted by Gasteiger charge is 2.31. The number of nitrogens with zero attached hydrogens (tertiary/aromatic N) is 2. The van der Waals surface area contributed by atoms with E-state index in [1.54, 1.807) is 26.1 Å². The van der Waals surface area contributed by atoms with Crippen LogP contribution in [-0.2, 0) is 6.54 Å². The lowest BCUT2D eigenvalue weighted by molar-refractivity contribution is -0.274. The molecule has 0 aliphatic heterocycles. The van der Waals surface area contributed by atoms with Gasteiger partial charge in [0, 0.05) is 19.8 Å². The minimum atomic E-state index is -4.73. The summed E-state index contributed by atoms with van der Waals surface area (Å²) in [7, 11) is 1.59. The predicted octanol–water partition coefficient (Wildman–Crippen LogP) is 3.65. The standard InChI is InChI=1S/C17H17F3N2O3/c1-3-24-15-14(5-4-10-21-15)16(23)22(2)11-12-6-8-13(9-7-12)25-17(18,19)20/h4-10H,3,11H2,1-2H3. The van der Waals surface area contributed by atoms with Crippen molar-refractivity contribution in [1.82, 2.24) is 9.88 Å². The molecular weight excluding hydrogens is 337 g/mol. The van der Waals surface area contributed by atoms with Gasteiger partial charge in [-0.3, -0.25) is 4.79 Å². The fraction of sp³-hybridized carbons (Fsp3) is 0.294. The molecule has 0 saturated carbocycles. The van der Waals surface area contributed by atoms with Crippen molar-refractivity contribution in [2.45, 2.75) is 19.8 Å². The first-order valence-electron chi connectivity index (χ1n) is 7.48. The van der Waals surface area contributed by atoms with Crippen LogP contribution >= 0.6 is 0 Å². The number of pyridine rings is 1. The van der Waals surface area contributed by atoms with Gasteiger partial charge >= 0.3 is 6.36 Å². The average molecular weight is 354 g/mol. The quantitative estimate of drug-likeness (QED) is 0.795. The molecule has 134 valence electrons. The Morgan fingerprint density at radius 3 is 2.48 bits per heavy atom. The highest BCUT2D eigenvalue weighted by atomic mass is 19.4. The number of halogens is 3. The van der Waals surface area contributed by atoms with Gasteiger partial charge in [-0.1, -0.05) is 12.1 Å². The van der Waals surface area contributed by atoms with Gasteiger partial charge < -0.3 is 14.4 Å². The largest absolute Gasteiger partial charge is 0.573 e. The lowest BCUT2D eigenvalue weighted by Crippen LogP contribution is -2.27. The second-order valence-corrected chi connectivity index (χ2v) is 5.14. The number of hydrogen-bond donors (Lipinski definition) is 0.